The van der Waals surface area contributed by atoms with E-state index in [2.05, 4.69) is 34.0 Å². The van der Waals surface area contributed by atoms with Crippen LogP contribution < -0.4 is 5.32 Å². The van der Waals surface area contributed by atoms with Gasteiger partial charge in [0.15, 0.2) is 0 Å². The summed E-state index contributed by atoms with van der Waals surface area (Å²) in [7, 11) is 2.03. The number of aromatic nitrogens is 2. The zero-order chi connectivity index (χ0) is 12.8. The van der Waals surface area contributed by atoms with E-state index >= 15 is 0 Å². The normalized spacial score (nSPS) is 10.9. The second kappa shape index (κ2) is 6.09. The van der Waals surface area contributed by atoms with Gasteiger partial charge in [-0.1, -0.05) is 0 Å². The van der Waals surface area contributed by atoms with Crippen LogP contribution in [0.2, 0.25) is 0 Å². The molecule has 1 heterocycles. The minimum absolute atomic E-state index is 0.102. The van der Waals surface area contributed by atoms with E-state index < -0.39 is 4.92 Å². The van der Waals surface area contributed by atoms with Crippen LogP contribution >= 0.6 is 0 Å². The number of hydrogen-bond donors (Lipinski definition) is 1. The van der Waals surface area contributed by atoms with E-state index in [9.17, 15) is 10.1 Å². The summed E-state index contributed by atoms with van der Waals surface area (Å²) in [6.45, 7) is 5.79. The SMILES string of the molecule is CC(C)N(C)CCNc1ncc([N+](=O)[O-])cn1. The average Bonchev–Trinajstić information content (AvgIpc) is 2.29. The molecule has 0 saturated heterocycles. The minimum Gasteiger partial charge on any atom is -0.353 e. The van der Waals surface area contributed by atoms with Crippen molar-refractivity contribution in [2.45, 2.75) is 19.9 Å². The van der Waals surface area contributed by atoms with E-state index in [-0.39, 0.29) is 5.69 Å². The fourth-order valence-corrected chi connectivity index (χ4v) is 1.11. The van der Waals surface area contributed by atoms with Gasteiger partial charge in [-0.05, 0) is 20.9 Å². The second-order valence-corrected chi connectivity index (χ2v) is 4.02. The molecule has 0 radical (unpaired) electrons. The maximum absolute atomic E-state index is 10.4. The quantitative estimate of drug-likeness (QED) is 0.592. The highest BCUT2D eigenvalue weighted by atomic mass is 16.6. The summed E-state index contributed by atoms with van der Waals surface area (Å²) < 4.78 is 0. The van der Waals surface area contributed by atoms with Crippen molar-refractivity contribution in [1.82, 2.24) is 14.9 Å². The molecule has 0 saturated carbocycles. The van der Waals surface area contributed by atoms with Gasteiger partial charge in [-0.3, -0.25) is 10.1 Å². The highest BCUT2D eigenvalue weighted by Gasteiger charge is 2.06. The molecule has 1 rings (SSSR count). The van der Waals surface area contributed by atoms with Gasteiger partial charge in [0, 0.05) is 19.1 Å². The third-order valence-corrected chi connectivity index (χ3v) is 2.48. The first-order chi connectivity index (χ1) is 8.00. The van der Waals surface area contributed by atoms with Crippen molar-refractivity contribution < 1.29 is 4.92 Å². The van der Waals surface area contributed by atoms with E-state index in [0.29, 0.717) is 18.5 Å². The molecule has 7 nitrogen and oxygen atoms in total. The topological polar surface area (TPSA) is 84.2 Å². The lowest BCUT2D eigenvalue weighted by atomic mass is 10.3. The standard InChI is InChI=1S/C10H17N5O2/c1-8(2)14(3)5-4-11-10-12-6-9(7-13-10)15(16)17/h6-8H,4-5H2,1-3H3,(H,11,12,13). The Hall–Kier alpha value is -1.76. The zero-order valence-corrected chi connectivity index (χ0v) is 10.3. The van der Waals surface area contributed by atoms with E-state index in [1.165, 1.54) is 12.4 Å². The van der Waals surface area contributed by atoms with Crippen molar-refractivity contribution >= 4 is 11.6 Å². The highest BCUT2D eigenvalue weighted by Crippen LogP contribution is 2.07. The molecule has 0 bridgehead atoms. The van der Waals surface area contributed by atoms with Crippen molar-refractivity contribution in [3.8, 4) is 0 Å². The van der Waals surface area contributed by atoms with Crippen LogP contribution in [0.3, 0.4) is 0 Å². The van der Waals surface area contributed by atoms with Gasteiger partial charge in [0.2, 0.25) is 5.95 Å². The van der Waals surface area contributed by atoms with Gasteiger partial charge >= 0.3 is 5.69 Å². The molecule has 0 atom stereocenters. The molecule has 0 aliphatic heterocycles. The second-order valence-electron chi connectivity index (χ2n) is 4.02. The lowest BCUT2D eigenvalue weighted by Gasteiger charge is -2.20. The van der Waals surface area contributed by atoms with Crippen LogP contribution in [0.4, 0.5) is 11.6 Å². The van der Waals surface area contributed by atoms with Gasteiger partial charge in [0.1, 0.15) is 12.4 Å². The van der Waals surface area contributed by atoms with Crippen molar-refractivity contribution in [2.75, 3.05) is 25.5 Å². The van der Waals surface area contributed by atoms with Crippen molar-refractivity contribution in [3.63, 3.8) is 0 Å². The van der Waals surface area contributed by atoms with Crippen LogP contribution in [0.15, 0.2) is 12.4 Å². The van der Waals surface area contributed by atoms with Crippen LogP contribution in [0.5, 0.6) is 0 Å². The number of nitro groups is 1. The lowest BCUT2D eigenvalue weighted by molar-refractivity contribution is -0.385. The maximum atomic E-state index is 10.4. The smallest absolute Gasteiger partial charge is 0.305 e. The molecular formula is C10H17N5O2. The van der Waals surface area contributed by atoms with Gasteiger partial charge in [-0.15, -0.1) is 0 Å². The predicted octanol–water partition coefficient (Wildman–Crippen LogP) is 1.14. The molecule has 94 valence electrons. The summed E-state index contributed by atoms with van der Waals surface area (Å²) in [5, 5.41) is 13.4. The van der Waals surface area contributed by atoms with Crippen molar-refractivity contribution in [2.24, 2.45) is 0 Å². The fraction of sp³-hybridized carbons (Fsp3) is 0.600. The van der Waals surface area contributed by atoms with E-state index in [1.807, 2.05) is 7.05 Å². The Morgan fingerprint density at radius 2 is 2.06 bits per heavy atom. The van der Waals surface area contributed by atoms with E-state index in [4.69, 9.17) is 0 Å². The Morgan fingerprint density at radius 3 is 2.53 bits per heavy atom. The van der Waals surface area contributed by atoms with E-state index in [0.717, 1.165) is 6.54 Å². The summed E-state index contributed by atoms with van der Waals surface area (Å²) in [6, 6.07) is 0.481. The molecule has 1 aromatic rings. The number of nitrogens with one attached hydrogen (secondary N) is 1. The summed E-state index contributed by atoms with van der Waals surface area (Å²) >= 11 is 0. The number of nitrogens with zero attached hydrogens (tertiary/aromatic N) is 4. The molecule has 7 heteroatoms. The molecule has 0 amide bonds. The number of rotatable bonds is 6. The summed E-state index contributed by atoms with van der Waals surface area (Å²) in [4.78, 5) is 19.8. The van der Waals surface area contributed by atoms with Gasteiger partial charge in [0.05, 0.1) is 4.92 Å². The minimum atomic E-state index is -0.518. The molecule has 0 fully saturated rings. The van der Waals surface area contributed by atoms with Crippen LogP contribution in [0.25, 0.3) is 0 Å². The molecular weight excluding hydrogens is 222 g/mol. The Kier molecular flexibility index (Phi) is 4.77. The highest BCUT2D eigenvalue weighted by molar-refractivity contribution is 5.30. The number of hydrogen-bond acceptors (Lipinski definition) is 6. The van der Waals surface area contributed by atoms with Gasteiger partial charge < -0.3 is 10.2 Å². The first-order valence-electron chi connectivity index (χ1n) is 5.41. The molecule has 0 aliphatic rings. The van der Waals surface area contributed by atoms with Gasteiger partial charge in [-0.2, -0.15) is 0 Å². The Labute approximate surface area is 100 Å². The van der Waals surface area contributed by atoms with Crippen LogP contribution in [0, 0.1) is 10.1 Å². The molecule has 1 N–H and O–H groups in total. The molecule has 0 aliphatic carbocycles. The molecule has 0 spiro atoms. The number of likely N-dealkylation sites (N-methyl/N-ethyl adjacent to an activating group) is 1. The summed E-state index contributed by atoms with van der Waals surface area (Å²) in [6.07, 6.45) is 2.39. The first kappa shape index (κ1) is 13.3. The largest absolute Gasteiger partial charge is 0.353 e. The molecule has 1 aromatic heterocycles. The van der Waals surface area contributed by atoms with Crippen LogP contribution in [0.1, 0.15) is 13.8 Å². The predicted molar refractivity (Wildman–Crippen MR) is 64.9 cm³/mol. The maximum Gasteiger partial charge on any atom is 0.305 e. The molecule has 0 aromatic carbocycles. The van der Waals surface area contributed by atoms with Crippen LogP contribution in [-0.4, -0.2) is 46.0 Å². The van der Waals surface area contributed by atoms with E-state index in [1.54, 1.807) is 0 Å². The lowest BCUT2D eigenvalue weighted by Crippen LogP contribution is -2.31. The third kappa shape index (κ3) is 4.31. The van der Waals surface area contributed by atoms with Crippen LogP contribution in [-0.2, 0) is 0 Å². The Bertz CT molecular complexity index is 365. The monoisotopic (exact) mass is 239 g/mol. The Morgan fingerprint density at radius 1 is 1.47 bits per heavy atom. The van der Waals surface area contributed by atoms with Crippen molar-refractivity contribution in [1.29, 1.82) is 0 Å². The van der Waals surface area contributed by atoms with Gasteiger partial charge in [0.25, 0.3) is 0 Å². The first-order valence-corrected chi connectivity index (χ1v) is 5.41. The molecule has 0 unspecified atom stereocenters. The molecule has 17 heavy (non-hydrogen) atoms. The number of anilines is 1. The fourth-order valence-electron chi connectivity index (χ4n) is 1.11. The summed E-state index contributed by atoms with van der Waals surface area (Å²) in [5.74, 6) is 0.410. The van der Waals surface area contributed by atoms with Gasteiger partial charge in [-0.25, -0.2) is 9.97 Å². The average molecular weight is 239 g/mol. The Balaban J connectivity index is 2.40. The summed E-state index contributed by atoms with van der Waals surface area (Å²) in [5.41, 5.74) is -0.102. The zero-order valence-electron chi connectivity index (χ0n) is 10.3. The third-order valence-electron chi connectivity index (χ3n) is 2.48. The van der Waals surface area contributed by atoms with Crippen molar-refractivity contribution in [3.05, 3.63) is 22.5 Å².